The zero-order chi connectivity index (χ0) is 11.6. The molecule has 0 spiro atoms. The van der Waals surface area contributed by atoms with Crippen molar-refractivity contribution in [1.82, 2.24) is 4.90 Å². The summed E-state index contributed by atoms with van der Waals surface area (Å²) >= 11 is 0. The summed E-state index contributed by atoms with van der Waals surface area (Å²) in [6.45, 7) is 12.1. The average Bonchev–Trinajstić information content (AvgIpc) is 1.94. The molecule has 0 rings (SSSR count). The molecular formula is C11H20FNO. The second-order valence-corrected chi connectivity index (χ2v) is 4.85. The third-order valence-electron chi connectivity index (χ3n) is 1.88. The monoisotopic (exact) mass is 201 g/mol. The average molecular weight is 201 g/mol. The molecule has 0 saturated heterocycles. The predicted octanol–water partition coefficient (Wildman–Crippen LogP) is 2.55. The summed E-state index contributed by atoms with van der Waals surface area (Å²) in [6, 6.07) is 0. The lowest BCUT2D eigenvalue weighted by atomic mass is 10.0. The maximum Gasteiger partial charge on any atom is 0.260 e. The van der Waals surface area contributed by atoms with Crippen LogP contribution in [0.1, 0.15) is 34.6 Å². The first kappa shape index (κ1) is 13.1. The van der Waals surface area contributed by atoms with E-state index in [2.05, 4.69) is 6.58 Å². The van der Waals surface area contributed by atoms with Gasteiger partial charge in [0.2, 0.25) is 0 Å². The number of carbonyl (C=O) groups excluding carboxylic acids is 1. The fourth-order valence-electron chi connectivity index (χ4n) is 1.11. The maximum absolute atomic E-state index is 13.5. The molecule has 0 unspecified atom stereocenters. The SMILES string of the molecule is C=CCN(C(=O)C(C)(C)F)C(C)(C)C. The standard InChI is InChI=1S/C11H20FNO/c1-7-8-13(10(2,3)4)9(14)11(5,6)12/h7H,1,8H2,2-6H3. The molecule has 14 heavy (non-hydrogen) atoms. The van der Waals surface area contributed by atoms with Crippen molar-refractivity contribution in [2.45, 2.75) is 45.8 Å². The summed E-state index contributed by atoms with van der Waals surface area (Å²) in [5.74, 6) is -0.495. The predicted molar refractivity (Wildman–Crippen MR) is 56.9 cm³/mol. The van der Waals surface area contributed by atoms with E-state index < -0.39 is 11.6 Å². The van der Waals surface area contributed by atoms with Crippen molar-refractivity contribution in [2.75, 3.05) is 6.54 Å². The third kappa shape index (κ3) is 3.48. The minimum Gasteiger partial charge on any atom is -0.331 e. The lowest BCUT2D eigenvalue weighted by molar-refractivity contribution is -0.146. The molecular weight excluding hydrogens is 181 g/mol. The maximum atomic E-state index is 13.5. The highest BCUT2D eigenvalue weighted by Crippen LogP contribution is 2.20. The number of nitrogens with zero attached hydrogens (tertiary/aromatic N) is 1. The van der Waals surface area contributed by atoms with Crippen LogP contribution in [-0.2, 0) is 4.79 Å². The number of carbonyl (C=O) groups is 1. The van der Waals surface area contributed by atoms with Crippen LogP contribution < -0.4 is 0 Å². The van der Waals surface area contributed by atoms with E-state index >= 15 is 0 Å². The second-order valence-electron chi connectivity index (χ2n) is 4.85. The summed E-state index contributed by atoms with van der Waals surface area (Å²) in [7, 11) is 0. The number of hydrogen-bond acceptors (Lipinski definition) is 1. The summed E-state index contributed by atoms with van der Waals surface area (Å²) < 4.78 is 13.5. The molecule has 0 aromatic carbocycles. The van der Waals surface area contributed by atoms with E-state index in [1.165, 1.54) is 18.7 Å². The van der Waals surface area contributed by atoms with Crippen molar-refractivity contribution in [3.8, 4) is 0 Å². The number of halogens is 1. The van der Waals surface area contributed by atoms with Crippen LogP contribution in [0.5, 0.6) is 0 Å². The van der Waals surface area contributed by atoms with E-state index in [0.717, 1.165) is 0 Å². The molecule has 82 valence electrons. The van der Waals surface area contributed by atoms with Crippen LogP contribution in [0.2, 0.25) is 0 Å². The number of hydrogen-bond donors (Lipinski definition) is 0. The van der Waals surface area contributed by atoms with Gasteiger partial charge >= 0.3 is 0 Å². The van der Waals surface area contributed by atoms with Gasteiger partial charge in [-0.25, -0.2) is 4.39 Å². The zero-order valence-electron chi connectivity index (χ0n) is 9.72. The van der Waals surface area contributed by atoms with Crippen LogP contribution in [0.4, 0.5) is 4.39 Å². The zero-order valence-corrected chi connectivity index (χ0v) is 9.72. The Bertz CT molecular complexity index is 222. The van der Waals surface area contributed by atoms with Crippen molar-refractivity contribution < 1.29 is 9.18 Å². The molecule has 0 radical (unpaired) electrons. The molecule has 0 aromatic heterocycles. The van der Waals surface area contributed by atoms with Crippen LogP contribution in [0.15, 0.2) is 12.7 Å². The van der Waals surface area contributed by atoms with Gasteiger partial charge in [-0.1, -0.05) is 6.08 Å². The van der Waals surface area contributed by atoms with Crippen LogP contribution in [0.3, 0.4) is 0 Å². The minimum absolute atomic E-state index is 0.371. The van der Waals surface area contributed by atoms with E-state index in [4.69, 9.17) is 0 Å². The molecule has 0 fully saturated rings. The van der Waals surface area contributed by atoms with Gasteiger partial charge in [-0.3, -0.25) is 4.79 Å². The first-order valence-corrected chi connectivity index (χ1v) is 4.72. The number of rotatable bonds is 3. The lowest BCUT2D eigenvalue weighted by Gasteiger charge is -2.37. The van der Waals surface area contributed by atoms with Gasteiger partial charge in [-0.15, -0.1) is 6.58 Å². The molecule has 1 amide bonds. The number of alkyl halides is 1. The largest absolute Gasteiger partial charge is 0.331 e. The highest BCUT2D eigenvalue weighted by atomic mass is 19.1. The lowest BCUT2D eigenvalue weighted by Crippen LogP contribution is -2.51. The van der Waals surface area contributed by atoms with E-state index in [1.54, 1.807) is 6.08 Å². The Morgan fingerprint density at radius 3 is 2.00 bits per heavy atom. The van der Waals surface area contributed by atoms with Crippen LogP contribution >= 0.6 is 0 Å². The minimum atomic E-state index is -1.82. The van der Waals surface area contributed by atoms with Gasteiger partial charge in [0.25, 0.3) is 5.91 Å². The normalized spacial score (nSPS) is 12.4. The molecule has 0 saturated carbocycles. The van der Waals surface area contributed by atoms with Crippen LogP contribution in [-0.4, -0.2) is 28.6 Å². The molecule has 0 aliphatic carbocycles. The summed E-state index contributed by atoms with van der Waals surface area (Å²) in [5, 5.41) is 0. The topological polar surface area (TPSA) is 20.3 Å². The number of amides is 1. The molecule has 0 heterocycles. The van der Waals surface area contributed by atoms with Crippen LogP contribution in [0, 0.1) is 0 Å². The van der Waals surface area contributed by atoms with Gasteiger partial charge in [0, 0.05) is 12.1 Å². The Kier molecular flexibility index (Phi) is 3.86. The molecule has 0 N–H and O–H groups in total. The van der Waals surface area contributed by atoms with Crippen molar-refractivity contribution >= 4 is 5.91 Å². The van der Waals surface area contributed by atoms with Crippen LogP contribution in [0.25, 0.3) is 0 Å². The van der Waals surface area contributed by atoms with E-state index in [0.29, 0.717) is 6.54 Å². The van der Waals surface area contributed by atoms with E-state index in [9.17, 15) is 9.18 Å². The van der Waals surface area contributed by atoms with Gasteiger partial charge in [-0.2, -0.15) is 0 Å². The summed E-state index contributed by atoms with van der Waals surface area (Å²) in [6.07, 6.45) is 1.61. The van der Waals surface area contributed by atoms with Crippen molar-refractivity contribution in [1.29, 1.82) is 0 Å². The highest BCUT2D eigenvalue weighted by molar-refractivity contribution is 5.85. The quantitative estimate of drug-likeness (QED) is 0.643. The van der Waals surface area contributed by atoms with Crippen molar-refractivity contribution in [3.05, 3.63) is 12.7 Å². The Morgan fingerprint density at radius 2 is 1.79 bits per heavy atom. The highest BCUT2D eigenvalue weighted by Gasteiger charge is 2.36. The van der Waals surface area contributed by atoms with Gasteiger partial charge in [0.1, 0.15) is 0 Å². The van der Waals surface area contributed by atoms with E-state index in [-0.39, 0.29) is 5.54 Å². The third-order valence-corrected chi connectivity index (χ3v) is 1.88. The van der Waals surface area contributed by atoms with Gasteiger partial charge < -0.3 is 4.90 Å². The van der Waals surface area contributed by atoms with Gasteiger partial charge in [0.15, 0.2) is 5.67 Å². The molecule has 3 heteroatoms. The summed E-state index contributed by atoms with van der Waals surface area (Å²) in [5.41, 5.74) is -2.20. The Morgan fingerprint density at radius 1 is 1.36 bits per heavy atom. The molecule has 2 nitrogen and oxygen atoms in total. The van der Waals surface area contributed by atoms with Crippen molar-refractivity contribution in [2.24, 2.45) is 0 Å². The first-order valence-electron chi connectivity index (χ1n) is 4.72. The first-order chi connectivity index (χ1) is 6.10. The summed E-state index contributed by atoms with van der Waals surface area (Å²) in [4.78, 5) is 13.2. The fourth-order valence-corrected chi connectivity index (χ4v) is 1.11. The van der Waals surface area contributed by atoms with Gasteiger partial charge in [0.05, 0.1) is 0 Å². The fraction of sp³-hybridized carbons (Fsp3) is 0.727. The molecule has 0 atom stereocenters. The molecule has 0 aliphatic rings. The molecule has 0 aromatic rings. The second kappa shape index (κ2) is 4.11. The molecule has 0 aliphatic heterocycles. The van der Waals surface area contributed by atoms with Crippen molar-refractivity contribution in [3.63, 3.8) is 0 Å². The van der Waals surface area contributed by atoms with Gasteiger partial charge in [-0.05, 0) is 34.6 Å². The Hall–Kier alpha value is -0.860. The molecule has 0 bridgehead atoms. The Labute approximate surface area is 85.8 Å². The van der Waals surface area contributed by atoms with E-state index in [1.807, 2.05) is 20.8 Å². The smallest absolute Gasteiger partial charge is 0.260 e. The Balaban J connectivity index is 4.85.